The lowest BCUT2D eigenvalue weighted by atomic mass is 10.0. The van der Waals surface area contributed by atoms with Gasteiger partial charge in [0.25, 0.3) is 0 Å². The van der Waals surface area contributed by atoms with Crippen LogP contribution >= 0.6 is 0 Å². The molecule has 0 saturated carbocycles. The number of nitrogens with zero attached hydrogens (tertiary/aromatic N) is 2. The van der Waals surface area contributed by atoms with Crippen molar-refractivity contribution in [3.05, 3.63) is 35.6 Å². The molecule has 1 aliphatic rings. The molecule has 0 amide bonds. The summed E-state index contributed by atoms with van der Waals surface area (Å²) < 4.78 is 12.7. The van der Waals surface area contributed by atoms with Crippen LogP contribution < -0.4 is 5.73 Å². The molecule has 2 N–H and O–H groups in total. The Morgan fingerprint density at radius 2 is 2.07 bits per heavy atom. The van der Waals surface area contributed by atoms with E-state index in [0.29, 0.717) is 12.3 Å². The Balaban J connectivity index is 2.21. The normalized spacial score (nSPS) is 21.1. The third-order valence-electron chi connectivity index (χ3n) is 2.39. The first kappa shape index (κ1) is 8.99. The van der Waals surface area contributed by atoms with Crippen LogP contribution in [-0.2, 0) is 0 Å². The Morgan fingerprint density at radius 3 is 2.57 bits per heavy atom. The van der Waals surface area contributed by atoms with E-state index in [4.69, 9.17) is 5.73 Å². The number of hydrogen-bond donors (Lipinski definition) is 1. The molecular formula is C10H12FN3. The minimum Gasteiger partial charge on any atom is -0.386 e. The Morgan fingerprint density at radius 1 is 1.43 bits per heavy atom. The number of hydrogen-bond acceptors (Lipinski definition) is 3. The molecule has 14 heavy (non-hydrogen) atoms. The minimum atomic E-state index is -0.219. The molecule has 1 aliphatic heterocycles. The van der Waals surface area contributed by atoms with Crippen LogP contribution in [0.25, 0.3) is 0 Å². The van der Waals surface area contributed by atoms with Gasteiger partial charge in [-0.25, -0.2) is 4.39 Å². The summed E-state index contributed by atoms with van der Waals surface area (Å²) in [5, 5.41) is 5.91. The first-order chi connectivity index (χ1) is 6.66. The van der Waals surface area contributed by atoms with E-state index in [-0.39, 0.29) is 11.9 Å². The smallest absolute Gasteiger partial charge is 0.123 e. The average Bonchev–Trinajstić information content (AvgIpc) is 2.47. The van der Waals surface area contributed by atoms with Gasteiger partial charge < -0.3 is 5.73 Å². The van der Waals surface area contributed by atoms with Crippen molar-refractivity contribution in [2.75, 3.05) is 7.05 Å². The van der Waals surface area contributed by atoms with Crippen LogP contribution in [0.4, 0.5) is 4.39 Å². The molecule has 1 atom stereocenters. The fourth-order valence-corrected chi connectivity index (χ4v) is 1.66. The maximum Gasteiger partial charge on any atom is 0.123 e. The Labute approximate surface area is 82.0 Å². The van der Waals surface area contributed by atoms with E-state index in [2.05, 4.69) is 5.10 Å². The summed E-state index contributed by atoms with van der Waals surface area (Å²) in [4.78, 5) is 0. The van der Waals surface area contributed by atoms with Crippen LogP contribution in [-0.4, -0.2) is 17.9 Å². The number of rotatable bonds is 1. The van der Waals surface area contributed by atoms with E-state index >= 15 is 0 Å². The van der Waals surface area contributed by atoms with E-state index in [9.17, 15) is 4.39 Å². The minimum absolute atomic E-state index is 0.149. The van der Waals surface area contributed by atoms with Crippen molar-refractivity contribution in [2.24, 2.45) is 10.8 Å². The Bertz CT molecular complexity index is 358. The highest BCUT2D eigenvalue weighted by atomic mass is 19.1. The van der Waals surface area contributed by atoms with Crippen molar-refractivity contribution in [3.8, 4) is 0 Å². The van der Waals surface area contributed by atoms with Crippen LogP contribution in [0.3, 0.4) is 0 Å². The van der Waals surface area contributed by atoms with Gasteiger partial charge in [0.15, 0.2) is 0 Å². The number of amidine groups is 1. The molecule has 0 radical (unpaired) electrons. The molecule has 3 nitrogen and oxygen atoms in total. The predicted octanol–water partition coefficient (Wildman–Crippen LogP) is 1.47. The van der Waals surface area contributed by atoms with Gasteiger partial charge in [-0.05, 0) is 17.7 Å². The number of hydrazone groups is 1. The van der Waals surface area contributed by atoms with Crippen LogP contribution in [0.2, 0.25) is 0 Å². The lowest BCUT2D eigenvalue weighted by Crippen LogP contribution is -2.14. The van der Waals surface area contributed by atoms with Crippen molar-refractivity contribution in [2.45, 2.75) is 12.5 Å². The first-order valence-corrected chi connectivity index (χ1v) is 4.48. The third-order valence-corrected chi connectivity index (χ3v) is 2.39. The summed E-state index contributed by atoms with van der Waals surface area (Å²) >= 11 is 0. The summed E-state index contributed by atoms with van der Waals surface area (Å²) in [5.74, 6) is 0.408. The lowest BCUT2D eigenvalue weighted by Gasteiger charge is -2.18. The van der Waals surface area contributed by atoms with E-state index < -0.39 is 0 Å². The summed E-state index contributed by atoms with van der Waals surface area (Å²) in [5.41, 5.74) is 6.66. The van der Waals surface area contributed by atoms with Gasteiger partial charge in [-0.3, -0.25) is 5.01 Å². The molecule has 0 spiro atoms. The molecule has 1 aromatic carbocycles. The molecule has 0 bridgehead atoms. The maximum atomic E-state index is 12.7. The number of nitrogens with two attached hydrogens (primary N) is 1. The molecule has 0 aliphatic carbocycles. The monoisotopic (exact) mass is 193 g/mol. The molecule has 0 saturated heterocycles. The zero-order valence-electron chi connectivity index (χ0n) is 7.94. The van der Waals surface area contributed by atoms with Gasteiger partial charge in [0.2, 0.25) is 0 Å². The average molecular weight is 193 g/mol. The zero-order chi connectivity index (χ0) is 10.1. The molecule has 1 unspecified atom stereocenters. The second kappa shape index (κ2) is 3.29. The van der Waals surface area contributed by atoms with E-state index in [0.717, 1.165) is 5.56 Å². The van der Waals surface area contributed by atoms with E-state index in [1.807, 2.05) is 12.1 Å². The highest BCUT2D eigenvalue weighted by Crippen LogP contribution is 2.27. The standard InChI is InChI=1S/C10H12FN3/c1-14-9(6-10(12)13-14)7-2-4-8(11)5-3-7/h2-5,9H,6H2,1H3,(H2,12,13). The van der Waals surface area contributed by atoms with Crippen molar-refractivity contribution in [3.63, 3.8) is 0 Å². The molecule has 1 aromatic rings. The van der Waals surface area contributed by atoms with Crippen molar-refractivity contribution in [1.82, 2.24) is 5.01 Å². The van der Waals surface area contributed by atoms with Crippen LogP contribution in [0.5, 0.6) is 0 Å². The highest BCUT2D eigenvalue weighted by molar-refractivity contribution is 5.82. The quantitative estimate of drug-likeness (QED) is 0.733. The predicted molar refractivity (Wildman–Crippen MR) is 53.1 cm³/mol. The van der Waals surface area contributed by atoms with Crippen LogP contribution in [0.15, 0.2) is 29.4 Å². The second-order valence-corrected chi connectivity index (χ2v) is 3.44. The fourth-order valence-electron chi connectivity index (χ4n) is 1.66. The maximum absolute atomic E-state index is 12.7. The highest BCUT2D eigenvalue weighted by Gasteiger charge is 2.23. The third kappa shape index (κ3) is 1.55. The van der Waals surface area contributed by atoms with Gasteiger partial charge in [0, 0.05) is 13.5 Å². The molecule has 0 aromatic heterocycles. The van der Waals surface area contributed by atoms with Crippen LogP contribution in [0.1, 0.15) is 18.0 Å². The van der Waals surface area contributed by atoms with Crippen molar-refractivity contribution < 1.29 is 4.39 Å². The Hall–Kier alpha value is -1.58. The second-order valence-electron chi connectivity index (χ2n) is 3.44. The fraction of sp³-hybridized carbons (Fsp3) is 0.300. The zero-order valence-corrected chi connectivity index (χ0v) is 7.94. The number of halogens is 1. The molecule has 1 heterocycles. The molecule has 0 fully saturated rings. The Kier molecular flexibility index (Phi) is 2.11. The lowest BCUT2D eigenvalue weighted by molar-refractivity contribution is 0.289. The summed E-state index contributed by atoms with van der Waals surface area (Å²) in [7, 11) is 1.87. The topological polar surface area (TPSA) is 41.6 Å². The summed E-state index contributed by atoms with van der Waals surface area (Å²) in [6.45, 7) is 0. The molecule has 2 rings (SSSR count). The largest absolute Gasteiger partial charge is 0.386 e. The SMILES string of the molecule is CN1N=C(N)CC1c1ccc(F)cc1. The van der Waals surface area contributed by atoms with Crippen molar-refractivity contribution in [1.29, 1.82) is 0 Å². The van der Waals surface area contributed by atoms with E-state index in [1.54, 1.807) is 12.1 Å². The van der Waals surface area contributed by atoms with Gasteiger partial charge in [0.05, 0.1) is 6.04 Å². The van der Waals surface area contributed by atoms with Gasteiger partial charge in [-0.15, -0.1) is 0 Å². The van der Waals surface area contributed by atoms with Gasteiger partial charge in [-0.1, -0.05) is 12.1 Å². The first-order valence-electron chi connectivity index (χ1n) is 4.48. The van der Waals surface area contributed by atoms with Gasteiger partial charge in [-0.2, -0.15) is 5.10 Å². The summed E-state index contributed by atoms with van der Waals surface area (Å²) in [6.07, 6.45) is 0.710. The molecular weight excluding hydrogens is 181 g/mol. The van der Waals surface area contributed by atoms with Crippen molar-refractivity contribution >= 4 is 5.84 Å². The molecule has 4 heteroatoms. The number of benzene rings is 1. The van der Waals surface area contributed by atoms with Gasteiger partial charge >= 0.3 is 0 Å². The summed E-state index contributed by atoms with van der Waals surface area (Å²) in [6, 6.07) is 6.60. The van der Waals surface area contributed by atoms with E-state index in [1.165, 1.54) is 12.1 Å². The van der Waals surface area contributed by atoms with Crippen LogP contribution in [0, 0.1) is 5.82 Å². The van der Waals surface area contributed by atoms with Gasteiger partial charge in [0.1, 0.15) is 11.7 Å². The molecule has 74 valence electrons.